The van der Waals surface area contributed by atoms with Gasteiger partial charge in [-0.25, -0.2) is 13.8 Å². The average molecular weight is 232 g/mol. The smallest absolute Gasteiger partial charge is 0.270 e. The Hall–Kier alpha value is -1.04. The Morgan fingerprint density at radius 2 is 2.47 bits per heavy atom. The quantitative estimate of drug-likeness (QED) is 0.848. The van der Waals surface area contributed by atoms with E-state index in [0.717, 1.165) is 0 Å². The minimum atomic E-state index is -2.62. The highest BCUT2D eigenvalue weighted by atomic mass is 32.1. The van der Waals surface area contributed by atoms with Crippen LogP contribution in [0.4, 0.5) is 8.78 Å². The molecule has 82 valence electrons. The number of carbonyl (C=O) groups is 1. The van der Waals surface area contributed by atoms with Crippen LogP contribution in [0.2, 0.25) is 0 Å². The molecule has 1 fully saturated rings. The Kier molecular flexibility index (Phi) is 2.68. The molecular weight excluding hydrogens is 222 g/mol. The molecule has 6 heteroatoms. The number of hydrogen-bond acceptors (Lipinski definition) is 3. The molecule has 0 radical (unpaired) electrons. The van der Waals surface area contributed by atoms with E-state index in [4.69, 9.17) is 0 Å². The lowest BCUT2D eigenvalue weighted by Gasteiger charge is -2.11. The summed E-state index contributed by atoms with van der Waals surface area (Å²) >= 11 is 1.31. The second kappa shape index (κ2) is 3.84. The summed E-state index contributed by atoms with van der Waals surface area (Å²) < 4.78 is 25.6. The molecule has 1 amide bonds. The van der Waals surface area contributed by atoms with Crippen LogP contribution in [0.1, 0.15) is 29.8 Å². The van der Waals surface area contributed by atoms with E-state index >= 15 is 0 Å². The van der Waals surface area contributed by atoms with E-state index < -0.39 is 12.0 Å². The number of hydrogen-bond donors (Lipinski definition) is 1. The highest BCUT2D eigenvalue weighted by molar-refractivity contribution is 7.07. The van der Waals surface area contributed by atoms with Gasteiger partial charge in [-0.15, -0.1) is 11.3 Å². The SMILES string of the molecule is O=C(NC1CCC(F)(F)C1)c1cscn1. The Bertz CT molecular complexity index is 353. The molecule has 1 aliphatic rings. The number of nitrogens with one attached hydrogen (secondary N) is 1. The maximum Gasteiger partial charge on any atom is 0.270 e. The third-order valence-corrected chi connectivity index (χ3v) is 2.99. The van der Waals surface area contributed by atoms with Gasteiger partial charge in [-0.3, -0.25) is 4.79 Å². The lowest BCUT2D eigenvalue weighted by atomic mass is 10.2. The normalized spacial score (nSPS) is 24.0. The van der Waals surface area contributed by atoms with Crippen LogP contribution < -0.4 is 5.32 Å². The number of alkyl halides is 2. The summed E-state index contributed by atoms with van der Waals surface area (Å²) in [5, 5.41) is 4.16. The number of rotatable bonds is 2. The first-order valence-electron chi connectivity index (χ1n) is 4.64. The van der Waals surface area contributed by atoms with Crippen LogP contribution in [0.25, 0.3) is 0 Å². The summed E-state index contributed by atoms with van der Waals surface area (Å²) in [5.74, 6) is -2.99. The molecule has 0 spiro atoms. The largest absolute Gasteiger partial charge is 0.348 e. The van der Waals surface area contributed by atoms with Crippen LogP contribution >= 0.6 is 11.3 Å². The molecule has 0 bridgehead atoms. The molecule has 2 rings (SSSR count). The van der Waals surface area contributed by atoms with Crippen molar-refractivity contribution in [1.29, 1.82) is 0 Å². The van der Waals surface area contributed by atoms with Gasteiger partial charge in [0.15, 0.2) is 0 Å². The van der Waals surface area contributed by atoms with Gasteiger partial charge in [-0.1, -0.05) is 0 Å². The fraction of sp³-hybridized carbons (Fsp3) is 0.556. The minimum Gasteiger partial charge on any atom is -0.348 e. The molecule has 0 saturated heterocycles. The van der Waals surface area contributed by atoms with Gasteiger partial charge < -0.3 is 5.32 Å². The lowest BCUT2D eigenvalue weighted by Crippen LogP contribution is -2.34. The number of thiazole rings is 1. The minimum absolute atomic E-state index is 0.144. The Morgan fingerprint density at radius 3 is 3.00 bits per heavy atom. The summed E-state index contributed by atoms with van der Waals surface area (Å²) in [7, 11) is 0. The van der Waals surface area contributed by atoms with E-state index in [1.165, 1.54) is 16.8 Å². The molecule has 1 heterocycles. The van der Waals surface area contributed by atoms with Crippen molar-refractivity contribution in [3.8, 4) is 0 Å². The molecule has 1 saturated carbocycles. The van der Waals surface area contributed by atoms with E-state index in [1.54, 1.807) is 5.38 Å². The second-order valence-electron chi connectivity index (χ2n) is 3.64. The van der Waals surface area contributed by atoms with Gasteiger partial charge in [0.1, 0.15) is 5.69 Å². The van der Waals surface area contributed by atoms with Gasteiger partial charge in [-0.2, -0.15) is 0 Å². The summed E-state index contributed by atoms with van der Waals surface area (Å²) in [6.07, 6.45) is -0.0687. The molecule has 1 aliphatic carbocycles. The second-order valence-corrected chi connectivity index (χ2v) is 4.36. The van der Waals surface area contributed by atoms with Crippen molar-refractivity contribution in [3.05, 3.63) is 16.6 Å². The van der Waals surface area contributed by atoms with E-state index in [9.17, 15) is 13.6 Å². The summed E-state index contributed by atoms with van der Waals surface area (Å²) in [6.45, 7) is 0. The zero-order chi connectivity index (χ0) is 10.9. The monoisotopic (exact) mass is 232 g/mol. The highest BCUT2D eigenvalue weighted by Crippen LogP contribution is 2.34. The molecule has 1 N–H and O–H groups in total. The van der Waals surface area contributed by atoms with Crippen LogP contribution in [0.3, 0.4) is 0 Å². The van der Waals surface area contributed by atoms with Crippen molar-refractivity contribution in [3.63, 3.8) is 0 Å². The highest BCUT2D eigenvalue weighted by Gasteiger charge is 2.40. The first-order chi connectivity index (χ1) is 7.07. The summed E-state index contributed by atoms with van der Waals surface area (Å²) in [5.41, 5.74) is 1.84. The van der Waals surface area contributed by atoms with Crippen molar-refractivity contribution in [2.24, 2.45) is 0 Å². The van der Waals surface area contributed by atoms with E-state index in [2.05, 4.69) is 10.3 Å². The molecule has 3 nitrogen and oxygen atoms in total. The standard InChI is InChI=1S/C9H10F2N2OS/c10-9(11)2-1-6(3-9)13-8(14)7-4-15-5-12-7/h4-6H,1-3H2,(H,13,14). The maximum absolute atomic E-state index is 12.8. The molecule has 1 aromatic rings. The lowest BCUT2D eigenvalue weighted by molar-refractivity contribution is 0.00710. The van der Waals surface area contributed by atoms with E-state index in [0.29, 0.717) is 12.1 Å². The van der Waals surface area contributed by atoms with Crippen LogP contribution in [0.15, 0.2) is 10.9 Å². The summed E-state index contributed by atoms with van der Waals surface area (Å²) in [6, 6.07) is -0.422. The predicted octanol–water partition coefficient (Wildman–Crippen LogP) is 2.06. The zero-order valence-electron chi connectivity index (χ0n) is 7.87. The number of amides is 1. The van der Waals surface area contributed by atoms with Crippen LogP contribution in [-0.2, 0) is 0 Å². The molecule has 0 aromatic carbocycles. The van der Waals surface area contributed by atoms with Crippen LogP contribution in [-0.4, -0.2) is 22.9 Å². The maximum atomic E-state index is 12.8. The molecule has 1 atom stereocenters. The number of aromatic nitrogens is 1. The van der Waals surface area contributed by atoms with Crippen LogP contribution in [0, 0.1) is 0 Å². The van der Waals surface area contributed by atoms with Crippen molar-refractivity contribution < 1.29 is 13.6 Å². The van der Waals surface area contributed by atoms with Crippen molar-refractivity contribution in [2.75, 3.05) is 0 Å². The first-order valence-corrected chi connectivity index (χ1v) is 5.58. The molecule has 1 aromatic heterocycles. The zero-order valence-corrected chi connectivity index (χ0v) is 8.69. The summed E-state index contributed by atoms with van der Waals surface area (Å²) in [4.78, 5) is 15.3. The third-order valence-electron chi connectivity index (χ3n) is 2.40. The van der Waals surface area contributed by atoms with Gasteiger partial charge in [0.05, 0.1) is 5.51 Å². The van der Waals surface area contributed by atoms with Gasteiger partial charge in [0.25, 0.3) is 5.91 Å². The third kappa shape index (κ3) is 2.50. The topological polar surface area (TPSA) is 42.0 Å². The van der Waals surface area contributed by atoms with Gasteiger partial charge >= 0.3 is 0 Å². The average Bonchev–Trinajstić information content (AvgIpc) is 2.74. The Balaban J connectivity index is 1.91. The molecular formula is C9H10F2N2OS. The van der Waals surface area contributed by atoms with Crippen LogP contribution in [0.5, 0.6) is 0 Å². The van der Waals surface area contributed by atoms with E-state index in [1.807, 2.05) is 0 Å². The molecule has 0 aliphatic heterocycles. The van der Waals surface area contributed by atoms with Gasteiger partial charge in [-0.05, 0) is 6.42 Å². The van der Waals surface area contributed by atoms with E-state index in [-0.39, 0.29) is 18.7 Å². The van der Waals surface area contributed by atoms with Gasteiger partial charge in [0, 0.05) is 24.3 Å². The van der Waals surface area contributed by atoms with Gasteiger partial charge in [0.2, 0.25) is 5.92 Å². The number of halogens is 2. The predicted molar refractivity (Wildman–Crippen MR) is 52.2 cm³/mol. The molecule has 15 heavy (non-hydrogen) atoms. The number of carbonyl (C=O) groups excluding carboxylic acids is 1. The molecule has 1 unspecified atom stereocenters. The fourth-order valence-electron chi connectivity index (χ4n) is 1.66. The number of nitrogens with zero attached hydrogens (tertiary/aromatic N) is 1. The first kappa shape index (κ1) is 10.5. The fourth-order valence-corrected chi connectivity index (χ4v) is 2.19. The Labute approximate surface area is 89.5 Å². The Morgan fingerprint density at radius 1 is 1.67 bits per heavy atom. The van der Waals surface area contributed by atoms with Crippen molar-refractivity contribution >= 4 is 17.2 Å². The van der Waals surface area contributed by atoms with Crippen molar-refractivity contribution in [2.45, 2.75) is 31.2 Å². The van der Waals surface area contributed by atoms with Crippen molar-refractivity contribution in [1.82, 2.24) is 10.3 Å².